The van der Waals surface area contributed by atoms with Gasteiger partial charge in [0.25, 0.3) is 5.91 Å². The third-order valence-electron chi connectivity index (χ3n) is 3.23. The molecule has 1 N–H and O–H groups in total. The van der Waals surface area contributed by atoms with Gasteiger partial charge in [-0.2, -0.15) is 5.26 Å². The molecule has 2 rings (SSSR count). The Kier molecular flexibility index (Phi) is 5.05. The van der Waals surface area contributed by atoms with Crippen LogP contribution in [-0.2, 0) is 0 Å². The van der Waals surface area contributed by atoms with Crippen LogP contribution in [0.2, 0.25) is 0 Å². The van der Waals surface area contributed by atoms with Gasteiger partial charge in [-0.1, -0.05) is 19.9 Å². The standard InChI is InChI=1S/C13H15N3O.C2H6/c1-9-3-4-11(15-10(9)2)12(17)16-13(5-6-13)7-8-14;1-2/h3-4H,5-7H2,1-2H3,(H,16,17);1-2H3. The highest BCUT2D eigenvalue weighted by molar-refractivity contribution is 5.93. The number of hydrogen-bond donors (Lipinski definition) is 1. The predicted molar refractivity (Wildman–Crippen MR) is 74.7 cm³/mol. The van der Waals surface area contributed by atoms with Gasteiger partial charge < -0.3 is 5.32 Å². The first-order chi connectivity index (χ1) is 9.06. The van der Waals surface area contributed by atoms with Gasteiger partial charge in [-0.25, -0.2) is 4.98 Å². The van der Waals surface area contributed by atoms with Crippen molar-refractivity contribution < 1.29 is 4.79 Å². The smallest absolute Gasteiger partial charge is 0.270 e. The molecule has 1 amide bonds. The van der Waals surface area contributed by atoms with E-state index in [0.29, 0.717) is 12.1 Å². The Balaban J connectivity index is 0.000000861. The number of carbonyl (C=O) groups is 1. The van der Waals surface area contributed by atoms with Crippen LogP contribution in [0.5, 0.6) is 0 Å². The van der Waals surface area contributed by atoms with E-state index in [4.69, 9.17) is 5.26 Å². The van der Waals surface area contributed by atoms with Crippen molar-refractivity contribution in [2.45, 2.75) is 52.5 Å². The molecule has 0 aromatic carbocycles. The summed E-state index contributed by atoms with van der Waals surface area (Å²) in [5.74, 6) is -0.180. The summed E-state index contributed by atoms with van der Waals surface area (Å²) in [6.45, 7) is 7.84. The van der Waals surface area contributed by atoms with Crippen LogP contribution < -0.4 is 5.32 Å². The molecule has 0 bridgehead atoms. The topological polar surface area (TPSA) is 65.8 Å². The predicted octanol–water partition coefficient (Wildman–Crippen LogP) is 2.90. The molecular formula is C15H21N3O. The van der Waals surface area contributed by atoms with E-state index in [-0.39, 0.29) is 11.4 Å². The minimum atomic E-state index is -0.285. The zero-order valence-electron chi connectivity index (χ0n) is 12.1. The van der Waals surface area contributed by atoms with Crippen LogP contribution in [0.1, 0.15) is 54.9 Å². The molecule has 1 aliphatic carbocycles. The summed E-state index contributed by atoms with van der Waals surface area (Å²) in [5, 5.41) is 11.6. The molecule has 19 heavy (non-hydrogen) atoms. The van der Waals surface area contributed by atoms with Crippen molar-refractivity contribution >= 4 is 5.91 Å². The van der Waals surface area contributed by atoms with Gasteiger partial charge in [0, 0.05) is 5.69 Å². The maximum absolute atomic E-state index is 12.0. The fraction of sp³-hybridized carbons (Fsp3) is 0.533. The third kappa shape index (κ3) is 3.78. The highest BCUT2D eigenvalue weighted by atomic mass is 16.2. The summed E-state index contributed by atoms with van der Waals surface area (Å²) in [7, 11) is 0. The molecule has 0 saturated heterocycles. The second-order valence-corrected chi connectivity index (χ2v) is 4.67. The number of nitriles is 1. The van der Waals surface area contributed by atoms with Gasteiger partial charge in [-0.05, 0) is 38.3 Å². The van der Waals surface area contributed by atoms with Crippen molar-refractivity contribution in [2.24, 2.45) is 0 Å². The summed E-state index contributed by atoms with van der Waals surface area (Å²) < 4.78 is 0. The normalized spacial score (nSPS) is 14.7. The molecule has 102 valence electrons. The summed E-state index contributed by atoms with van der Waals surface area (Å²) in [4.78, 5) is 16.2. The number of carbonyl (C=O) groups excluding carboxylic acids is 1. The van der Waals surface area contributed by atoms with Gasteiger partial charge in [-0.15, -0.1) is 0 Å². The van der Waals surface area contributed by atoms with Gasteiger partial charge in [0.2, 0.25) is 0 Å². The number of rotatable bonds is 3. The Bertz CT molecular complexity index is 499. The number of pyridine rings is 1. The first-order valence-electron chi connectivity index (χ1n) is 6.70. The second kappa shape index (κ2) is 6.33. The minimum absolute atomic E-state index is 0.180. The fourth-order valence-corrected chi connectivity index (χ4v) is 1.71. The molecule has 0 spiro atoms. The number of aryl methyl sites for hydroxylation is 2. The van der Waals surface area contributed by atoms with E-state index in [1.807, 2.05) is 33.8 Å². The van der Waals surface area contributed by atoms with Crippen molar-refractivity contribution in [3.05, 3.63) is 29.1 Å². The maximum Gasteiger partial charge on any atom is 0.270 e. The summed E-state index contributed by atoms with van der Waals surface area (Å²) >= 11 is 0. The van der Waals surface area contributed by atoms with E-state index < -0.39 is 0 Å². The number of nitrogens with one attached hydrogen (secondary N) is 1. The van der Waals surface area contributed by atoms with Crippen molar-refractivity contribution in [3.8, 4) is 6.07 Å². The molecule has 1 heterocycles. The molecule has 0 unspecified atom stereocenters. The highest BCUT2D eigenvalue weighted by Gasteiger charge is 2.44. The first kappa shape index (κ1) is 15.2. The van der Waals surface area contributed by atoms with Crippen molar-refractivity contribution in [1.82, 2.24) is 10.3 Å². The minimum Gasteiger partial charge on any atom is -0.344 e. The lowest BCUT2D eigenvalue weighted by atomic mass is 10.1. The molecule has 0 atom stereocenters. The number of hydrogen-bond acceptors (Lipinski definition) is 3. The molecule has 0 aliphatic heterocycles. The molecule has 4 nitrogen and oxygen atoms in total. The van der Waals surface area contributed by atoms with E-state index in [9.17, 15) is 4.79 Å². The van der Waals surface area contributed by atoms with Gasteiger partial charge in [0.15, 0.2) is 0 Å². The largest absolute Gasteiger partial charge is 0.344 e. The quantitative estimate of drug-likeness (QED) is 0.907. The van der Waals surface area contributed by atoms with E-state index in [1.54, 1.807) is 6.07 Å². The van der Waals surface area contributed by atoms with E-state index in [0.717, 1.165) is 24.1 Å². The fourth-order valence-electron chi connectivity index (χ4n) is 1.71. The average molecular weight is 259 g/mol. The van der Waals surface area contributed by atoms with Gasteiger partial charge >= 0.3 is 0 Å². The van der Waals surface area contributed by atoms with Crippen LogP contribution in [0.4, 0.5) is 0 Å². The van der Waals surface area contributed by atoms with Crippen molar-refractivity contribution in [3.63, 3.8) is 0 Å². The molecule has 1 aliphatic rings. The SMILES string of the molecule is CC.Cc1ccc(C(=O)NC2(CC#N)CC2)nc1C. The van der Waals surface area contributed by atoms with Gasteiger partial charge in [-0.3, -0.25) is 4.79 Å². The molecule has 1 aromatic heterocycles. The summed E-state index contributed by atoms with van der Waals surface area (Å²) in [6, 6.07) is 5.72. The Labute approximate surface area is 114 Å². The molecule has 1 fully saturated rings. The Morgan fingerprint density at radius 2 is 2.05 bits per heavy atom. The van der Waals surface area contributed by atoms with Crippen molar-refractivity contribution in [1.29, 1.82) is 5.26 Å². The third-order valence-corrected chi connectivity index (χ3v) is 3.23. The monoisotopic (exact) mass is 259 g/mol. The molecule has 1 saturated carbocycles. The maximum atomic E-state index is 12.0. The van der Waals surface area contributed by atoms with Crippen LogP contribution in [0.3, 0.4) is 0 Å². The lowest BCUT2D eigenvalue weighted by Crippen LogP contribution is -2.37. The van der Waals surface area contributed by atoms with Crippen LogP contribution in [0.25, 0.3) is 0 Å². The number of amides is 1. The van der Waals surface area contributed by atoms with Crippen LogP contribution in [-0.4, -0.2) is 16.4 Å². The molecule has 4 heteroatoms. The van der Waals surface area contributed by atoms with E-state index in [2.05, 4.69) is 16.4 Å². The van der Waals surface area contributed by atoms with E-state index in [1.165, 1.54) is 0 Å². The van der Waals surface area contributed by atoms with Crippen LogP contribution in [0.15, 0.2) is 12.1 Å². The second-order valence-electron chi connectivity index (χ2n) is 4.67. The van der Waals surface area contributed by atoms with Gasteiger partial charge in [0.05, 0.1) is 18.0 Å². The van der Waals surface area contributed by atoms with Crippen LogP contribution >= 0.6 is 0 Å². The Morgan fingerprint density at radius 1 is 1.42 bits per heavy atom. The molecule has 1 aromatic rings. The lowest BCUT2D eigenvalue weighted by Gasteiger charge is -2.13. The Morgan fingerprint density at radius 3 is 2.53 bits per heavy atom. The zero-order chi connectivity index (χ0) is 14.5. The van der Waals surface area contributed by atoms with Crippen LogP contribution in [0, 0.1) is 25.2 Å². The first-order valence-corrected chi connectivity index (χ1v) is 6.70. The molecular weight excluding hydrogens is 238 g/mol. The highest BCUT2D eigenvalue weighted by Crippen LogP contribution is 2.38. The zero-order valence-corrected chi connectivity index (χ0v) is 12.1. The average Bonchev–Trinajstić information content (AvgIpc) is 3.15. The number of aromatic nitrogens is 1. The van der Waals surface area contributed by atoms with Crippen molar-refractivity contribution in [2.75, 3.05) is 0 Å². The lowest BCUT2D eigenvalue weighted by molar-refractivity contribution is 0.0927. The number of nitrogens with zero attached hydrogens (tertiary/aromatic N) is 2. The Hall–Kier alpha value is -1.89. The van der Waals surface area contributed by atoms with Gasteiger partial charge in [0.1, 0.15) is 5.69 Å². The summed E-state index contributed by atoms with van der Waals surface area (Å²) in [6.07, 6.45) is 2.15. The molecule has 0 radical (unpaired) electrons. The van der Waals surface area contributed by atoms with E-state index >= 15 is 0 Å². The summed E-state index contributed by atoms with van der Waals surface area (Å²) in [5.41, 5.74) is 2.08.